The van der Waals surface area contributed by atoms with Gasteiger partial charge in [0, 0.05) is 11.1 Å². The zero-order valence-electron chi connectivity index (χ0n) is 27.4. The fourth-order valence-corrected chi connectivity index (χ4v) is 7.58. The first kappa shape index (κ1) is 33.8. The number of aliphatic hydroxyl groups excluding tert-OH is 1. The number of Topliss-reactive ketones (excluding diaryl/α,β-unsaturated/α-hetero) is 1. The Morgan fingerprint density at radius 3 is 2.55 bits per heavy atom. The second-order valence-corrected chi connectivity index (χ2v) is 13.5. The predicted octanol–water partition coefficient (Wildman–Crippen LogP) is 8.48. The highest BCUT2D eigenvalue weighted by Crippen LogP contribution is 2.46. The maximum absolute atomic E-state index is 14.3. The second-order valence-electron chi connectivity index (χ2n) is 11.3. The van der Waals surface area contributed by atoms with Gasteiger partial charge in [0.25, 0.3) is 5.91 Å². The van der Waals surface area contributed by atoms with E-state index in [9.17, 15) is 19.1 Å². The van der Waals surface area contributed by atoms with Gasteiger partial charge in [-0.05, 0) is 53.9 Å². The molecule has 0 bridgehead atoms. The van der Waals surface area contributed by atoms with E-state index in [4.69, 9.17) is 18.6 Å². The van der Waals surface area contributed by atoms with Crippen LogP contribution in [-0.4, -0.2) is 40.7 Å². The highest BCUT2D eigenvalue weighted by Gasteiger charge is 2.47. The van der Waals surface area contributed by atoms with E-state index in [1.54, 1.807) is 60.7 Å². The van der Waals surface area contributed by atoms with Gasteiger partial charge in [-0.25, -0.2) is 4.39 Å². The summed E-state index contributed by atoms with van der Waals surface area (Å²) < 4.78 is 38.2. The minimum atomic E-state index is -1.15. The molecule has 0 saturated carbocycles. The number of nitrogens with zero attached hydrogens (tertiary/aromatic N) is 3. The van der Waals surface area contributed by atoms with Crippen molar-refractivity contribution in [1.82, 2.24) is 10.2 Å². The van der Waals surface area contributed by atoms with Crippen molar-refractivity contribution in [1.29, 1.82) is 0 Å². The minimum Gasteiger partial charge on any atom is -0.503 e. The fraction of sp³-hybridized carbons (Fsp3) is 0.158. The van der Waals surface area contributed by atoms with E-state index in [-0.39, 0.29) is 34.6 Å². The van der Waals surface area contributed by atoms with Crippen molar-refractivity contribution in [3.05, 3.63) is 137 Å². The van der Waals surface area contributed by atoms with E-state index < -0.39 is 23.5 Å². The molecule has 0 fully saturated rings. The summed E-state index contributed by atoms with van der Waals surface area (Å²) in [4.78, 5) is 29.5. The molecule has 1 atom stereocenters. The molecule has 0 radical (unpaired) electrons. The molecule has 1 N–H and O–H groups in total. The van der Waals surface area contributed by atoms with Gasteiger partial charge in [0.05, 0.1) is 25.3 Å². The van der Waals surface area contributed by atoms with Crippen LogP contribution in [-0.2, 0) is 17.2 Å². The lowest BCUT2D eigenvalue weighted by Gasteiger charge is -2.25. The van der Waals surface area contributed by atoms with E-state index in [2.05, 4.69) is 10.2 Å². The molecule has 0 aliphatic carbocycles. The number of halogens is 1. The van der Waals surface area contributed by atoms with Gasteiger partial charge >= 0.3 is 0 Å². The number of thioether (sulfide) groups is 1. The zero-order valence-corrected chi connectivity index (χ0v) is 29.0. The summed E-state index contributed by atoms with van der Waals surface area (Å²) >= 11 is 2.33. The summed E-state index contributed by atoms with van der Waals surface area (Å²) in [6.45, 7) is 2.43. The number of rotatable bonds is 13. The van der Waals surface area contributed by atoms with Crippen LogP contribution in [0.2, 0.25) is 0 Å². The lowest BCUT2D eigenvalue weighted by molar-refractivity contribution is -0.117. The van der Waals surface area contributed by atoms with E-state index in [1.807, 2.05) is 37.3 Å². The number of aromatic nitrogens is 2. The van der Waals surface area contributed by atoms with Crippen LogP contribution in [0.4, 0.5) is 9.52 Å². The first-order valence-electron chi connectivity index (χ1n) is 15.9. The largest absolute Gasteiger partial charge is 0.503 e. The standard InChI is InChI=1S/C38H30FN3O7S2/c1-3-47-29-18-23(16-17-27(29)48-20-22-10-5-4-6-11-22)32-31(33(43)30-19-24-13-9-15-28(46-2)35(24)49-30)34(44)36(45)42(32)37-40-41-38(51-37)50-21-25-12-7-8-14-26(25)39/h4-19,32,44H,3,20-21H2,1-2H3. The summed E-state index contributed by atoms with van der Waals surface area (Å²) in [5.41, 5.74) is 2.02. The molecule has 1 aliphatic rings. The third-order valence-electron chi connectivity index (χ3n) is 8.14. The summed E-state index contributed by atoms with van der Waals surface area (Å²) in [6, 6.07) is 26.8. The first-order chi connectivity index (χ1) is 24.9. The predicted molar refractivity (Wildman–Crippen MR) is 191 cm³/mol. The number of fused-ring (bicyclic) bond motifs is 1. The maximum atomic E-state index is 14.3. The van der Waals surface area contributed by atoms with E-state index >= 15 is 0 Å². The number of furan rings is 1. The average Bonchev–Trinajstić information content (AvgIpc) is 3.87. The number of amides is 1. The normalized spacial score (nSPS) is 14.4. The van der Waals surface area contributed by atoms with Gasteiger partial charge in [-0.1, -0.05) is 89.8 Å². The van der Waals surface area contributed by atoms with E-state index in [0.29, 0.717) is 50.3 Å². The number of methoxy groups -OCH3 is 1. The zero-order chi connectivity index (χ0) is 35.5. The number of anilines is 1. The van der Waals surface area contributed by atoms with Crippen LogP contribution in [0.1, 0.15) is 40.2 Å². The number of ether oxygens (including phenoxy) is 3. The van der Waals surface area contributed by atoms with Crippen molar-refractivity contribution in [2.75, 3.05) is 18.6 Å². The van der Waals surface area contributed by atoms with Gasteiger partial charge in [-0.2, -0.15) is 0 Å². The van der Waals surface area contributed by atoms with Crippen molar-refractivity contribution in [3.8, 4) is 17.2 Å². The van der Waals surface area contributed by atoms with Crippen LogP contribution < -0.4 is 19.1 Å². The Labute approximate surface area is 300 Å². The third-order valence-corrected chi connectivity index (χ3v) is 10.2. The monoisotopic (exact) mass is 723 g/mol. The molecule has 258 valence electrons. The summed E-state index contributed by atoms with van der Waals surface area (Å²) in [5.74, 6) is -1.20. The van der Waals surface area contributed by atoms with Crippen molar-refractivity contribution in [2.24, 2.45) is 0 Å². The molecule has 1 amide bonds. The number of benzene rings is 4. The number of para-hydroxylation sites is 1. The van der Waals surface area contributed by atoms with Gasteiger partial charge in [0.2, 0.25) is 10.9 Å². The van der Waals surface area contributed by atoms with E-state index in [0.717, 1.165) is 16.9 Å². The molecule has 13 heteroatoms. The molecular weight excluding hydrogens is 694 g/mol. The third kappa shape index (κ3) is 6.77. The molecule has 7 rings (SSSR count). The smallest absolute Gasteiger partial charge is 0.296 e. The Hall–Kier alpha value is -5.66. The van der Waals surface area contributed by atoms with Gasteiger partial charge in [-0.15, -0.1) is 10.2 Å². The quantitative estimate of drug-likeness (QED) is 0.0705. The molecule has 4 aromatic carbocycles. The molecule has 10 nitrogen and oxygen atoms in total. The van der Waals surface area contributed by atoms with Crippen LogP contribution >= 0.6 is 23.1 Å². The van der Waals surface area contributed by atoms with Crippen LogP contribution in [0.15, 0.2) is 117 Å². The van der Waals surface area contributed by atoms with Crippen molar-refractivity contribution in [2.45, 2.75) is 29.7 Å². The lowest BCUT2D eigenvalue weighted by Crippen LogP contribution is -2.31. The summed E-state index contributed by atoms with van der Waals surface area (Å²) in [6.07, 6.45) is 0. The lowest BCUT2D eigenvalue weighted by atomic mass is 9.95. The molecule has 0 saturated heterocycles. The van der Waals surface area contributed by atoms with Crippen molar-refractivity contribution in [3.63, 3.8) is 0 Å². The first-order valence-corrected chi connectivity index (χ1v) is 17.7. The molecule has 51 heavy (non-hydrogen) atoms. The number of carbonyl (C=O) groups is 2. The van der Waals surface area contributed by atoms with E-state index in [1.165, 1.54) is 29.8 Å². The number of carbonyl (C=O) groups excluding carboxylic acids is 2. The Bertz CT molecular complexity index is 2270. The molecule has 6 aromatic rings. The van der Waals surface area contributed by atoms with Gasteiger partial charge < -0.3 is 23.7 Å². The molecule has 0 spiro atoms. The number of ketones is 1. The molecule has 3 heterocycles. The highest BCUT2D eigenvalue weighted by atomic mass is 32.2. The van der Waals surface area contributed by atoms with Crippen molar-refractivity contribution < 1.29 is 37.7 Å². The van der Waals surface area contributed by atoms with Crippen LogP contribution in [0.5, 0.6) is 17.2 Å². The maximum Gasteiger partial charge on any atom is 0.296 e. The Kier molecular flexibility index (Phi) is 9.73. The van der Waals surface area contributed by atoms with Crippen LogP contribution in [0.25, 0.3) is 11.0 Å². The van der Waals surface area contributed by atoms with Gasteiger partial charge in [0.15, 0.2) is 38.7 Å². The highest BCUT2D eigenvalue weighted by molar-refractivity contribution is 8.00. The fourth-order valence-electron chi connectivity index (χ4n) is 5.72. The van der Waals surface area contributed by atoms with Crippen LogP contribution in [0.3, 0.4) is 0 Å². The number of hydrogen-bond donors (Lipinski definition) is 1. The van der Waals surface area contributed by atoms with Gasteiger partial charge in [-0.3, -0.25) is 14.5 Å². The molecular formula is C38H30FN3O7S2. The average molecular weight is 724 g/mol. The Morgan fingerprint density at radius 1 is 0.961 bits per heavy atom. The topological polar surface area (TPSA) is 124 Å². The minimum absolute atomic E-state index is 0.0954. The van der Waals surface area contributed by atoms with Crippen molar-refractivity contribution >= 4 is 50.9 Å². The van der Waals surface area contributed by atoms with Crippen LogP contribution in [0, 0.1) is 5.82 Å². The number of hydrogen-bond acceptors (Lipinski definition) is 11. The molecule has 2 aromatic heterocycles. The second kappa shape index (κ2) is 14.7. The molecule has 1 aliphatic heterocycles. The Morgan fingerprint density at radius 2 is 1.76 bits per heavy atom. The summed E-state index contributed by atoms with van der Waals surface area (Å²) in [5, 5.41) is 20.7. The SMILES string of the molecule is CCOc1cc(C2C(C(=O)c3cc4cccc(OC)c4o3)=C(O)C(=O)N2c2nnc(SCc3ccccc3F)s2)ccc1OCc1ccccc1. The Balaban J connectivity index is 1.27. The van der Waals surface area contributed by atoms with Gasteiger partial charge in [0.1, 0.15) is 12.4 Å². The molecule has 1 unspecified atom stereocenters. The number of aliphatic hydroxyl groups is 1. The summed E-state index contributed by atoms with van der Waals surface area (Å²) in [7, 11) is 1.49.